The number of aromatic nitrogens is 2. The van der Waals surface area contributed by atoms with Crippen LogP contribution in [0.1, 0.15) is 11.1 Å². The van der Waals surface area contributed by atoms with E-state index in [0.717, 1.165) is 39.2 Å². The molecule has 1 heterocycles. The van der Waals surface area contributed by atoms with Crippen LogP contribution < -0.4 is 20.1 Å². The Labute approximate surface area is 279 Å². The maximum Gasteiger partial charge on any atom is 0.262 e. The summed E-state index contributed by atoms with van der Waals surface area (Å²) >= 11 is 0. The summed E-state index contributed by atoms with van der Waals surface area (Å²) in [5, 5.41) is 5.78. The predicted molar refractivity (Wildman–Crippen MR) is 189 cm³/mol. The lowest BCUT2D eigenvalue weighted by Gasteiger charge is -2.12. The van der Waals surface area contributed by atoms with Gasteiger partial charge in [-0.1, -0.05) is 91.0 Å². The van der Waals surface area contributed by atoms with Crippen LogP contribution in [0.3, 0.4) is 0 Å². The first-order chi connectivity index (χ1) is 23.4. The Hall–Kier alpha value is -6.28. The molecule has 0 fully saturated rings. The quantitative estimate of drug-likeness (QED) is 0.149. The number of rotatable bonds is 11. The third-order valence-electron chi connectivity index (χ3n) is 7.59. The Morgan fingerprint density at radius 3 is 1.38 bits per heavy atom. The van der Waals surface area contributed by atoms with Crippen molar-refractivity contribution >= 4 is 23.2 Å². The number of anilines is 2. The summed E-state index contributed by atoms with van der Waals surface area (Å²) < 4.78 is 11.4. The summed E-state index contributed by atoms with van der Waals surface area (Å²) in [6.45, 7) is 3.69. The van der Waals surface area contributed by atoms with Gasteiger partial charge in [0.15, 0.2) is 19.0 Å². The molecule has 48 heavy (non-hydrogen) atoms. The van der Waals surface area contributed by atoms with E-state index in [1.54, 1.807) is 0 Å². The second kappa shape index (κ2) is 14.9. The molecule has 0 atom stereocenters. The number of hydrogen-bond acceptors (Lipinski definition) is 6. The third kappa shape index (κ3) is 8.10. The summed E-state index contributed by atoms with van der Waals surface area (Å²) in [5.74, 6) is 1.44. The van der Waals surface area contributed by atoms with E-state index >= 15 is 0 Å². The molecule has 0 aliphatic rings. The van der Waals surface area contributed by atoms with Gasteiger partial charge in [-0.05, 0) is 67.4 Å². The van der Waals surface area contributed by atoms with Crippen molar-refractivity contribution in [3.8, 4) is 45.4 Å². The summed E-state index contributed by atoms with van der Waals surface area (Å²) in [4.78, 5) is 34.9. The van der Waals surface area contributed by atoms with Crippen molar-refractivity contribution in [1.82, 2.24) is 9.97 Å². The minimum atomic E-state index is -0.250. The van der Waals surface area contributed by atoms with Crippen LogP contribution in [0.25, 0.3) is 33.9 Å². The number of nitrogens with zero attached hydrogens (tertiary/aromatic N) is 2. The number of benzene rings is 5. The number of amides is 2. The first kappa shape index (κ1) is 31.7. The van der Waals surface area contributed by atoms with Crippen LogP contribution in [0.15, 0.2) is 133 Å². The van der Waals surface area contributed by atoms with E-state index < -0.39 is 0 Å². The van der Waals surface area contributed by atoms with Crippen LogP contribution in [0.5, 0.6) is 11.5 Å². The van der Waals surface area contributed by atoms with Gasteiger partial charge in [-0.25, -0.2) is 9.97 Å². The maximum absolute atomic E-state index is 12.6. The molecule has 0 aliphatic heterocycles. The Morgan fingerprint density at radius 1 is 0.521 bits per heavy atom. The number of hydrogen-bond donors (Lipinski definition) is 2. The lowest BCUT2D eigenvalue weighted by molar-refractivity contribution is -0.118. The SMILES string of the molecule is Cc1ccccc1OCC(=O)Nc1ccc(-c2cc(-c3ccc(NC(=O)COc4ccccc4C)cc3)nc(-c3ccccc3)n2)cc1. The highest BCUT2D eigenvalue weighted by molar-refractivity contribution is 5.93. The highest BCUT2D eigenvalue weighted by Crippen LogP contribution is 2.29. The zero-order valence-corrected chi connectivity index (χ0v) is 26.6. The molecular weight excluding hydrogens is 600 g/mol. The van der Waals surface area contributed by atoms with Crippen LogP contribution in [0.2, 0.25) is 0 Å². The smallest absolute Gasteiger partial charge is 0.262 e. The Bertz CT molecular complexity index is 1900. The molecule has 2 N–H and O–H groups in total. The van der Waals surface area contributed by atoms with Crippen molar-refractivity contribution in [3.05, 3.63) is 145 Å². The van der Waals surface area contributed by atoms with Crippen LogP contribution in [-0.4, -0.2) is 35.0 Å². The number of nitrogens with one attached hydrogen (secondary N) is 2. The van der Waals surface area contributed by atoms with Crippen molar-refractivity contribution in [2.45, 2.75) is 13.8 Å². The zero-order valence-electron chi connectivity index (χ0n) is 26.6. The van der Waals surface area contributed by atoms with Gasteiger partial charge in [0.2, 0.25) is 0 Å². The van der Waals surface area contributed by atoms with E-state index in [0.29, 0.717) is 28.7 Å². The highest BCUT2D eigenvalue weighted by Gasteiger charge is 2.12. The fourth-order valence-electron chi connectivity index (χ4n) is 5.03. The van der Waals surface area contributed by atoms with Gasteiger partial charge in [0.05, 0.1) is 11.4 Å². The molecule has 6 aromatic rings. The van der Waals surface area contributed by atoms with E-state index in [1.165, 1.54) is 0 Å². The molecule has 0 aliphatic carbocycles. The number of carbonyl (C=O) groups excluding carboxylic acids is 2. The third-order valence-corrected chi connectivity index (χ3v) is 7.59. The minimum absolute atomic E-state index is 0.0913. The molecular formula is C40H34N4O4. The highest BCUT2D eigenvalue weighted by atomic mass is 16.5. The van der Waals surface area contributed by atoms with Gasteiger partial charge >= 0.3 is 0 Å². The van der Waals surface area contributed by atoms with E-state index in [9.17, 15) is 9.59 Å². The number of ether oxygens (including phenoxy) is 2. The molecule has 0 bridgehead atoms. The molecule has 5 aromatic carbocycles. The van der Waals surface area contributed by atoms with E-state index in [2.05, 4.69) is 10.6 Å². The molecule has 0 saturated heterocycles. The van der Waals surface area contributed by atoms with Gasteiger partial charge in [-0.3, -0.25) is 9.59 Å². The van der Waals surface area contributed by atoms with E-state index in [4.69, 9.17) is 19.4 Å². The van der Waals surface area contributed by atoms with Crippen LogP contribution in [-0.2, 0) is 9.59 Å². The largest absolute Gasteiger partial charge is 0.483 e. The number of carbonyl (C=O) groups is 2. The van der Waals surface area contributed by atoms with Gasteiger partial charge in [-0.15, -0.1) is 0 Å². The number of aryl methyl sites for hydroxylation is 2. The Balaban J connectivity index is 1.17. The fraction of sp³-hybridized carbons (Fsp3) is 0.100. The van der Waals surface area contributed by atoms with Crippen molar-refractivity contribution < 1.29 is 19.1 Å². The fourth-order valence-corrected chi connectivity index (χ4v) is 5.03. The average molecular weight is 635 g/mol. The second-order valence-electron chi connectivity index (χ2n) is 11.2. The van der Waals surface area contributed by atoms with Gasteiger partial charge < -0.3 is 20.1 Å². The Morgan fingerprint density at radius 2 is 0.938 bits per heavy atom. The zero-order chi connectivity index (χ0) is 33.3. The summed E-state index contributed by atoms with van der Waals surface area (Å²) in [5.41, 5.74) is 7.30. The van der Waals surface area contributed by atoms with Gasteiger partial charge in [0.1, 0.15) is 11.5 Å². The summed E-state index contributed by atoms with van der Waals surface area (Å²) in [7, 11) is 0. The number of para-hydroxylation sites is 2. The van der Waals surface area contributed by atoms with Crippen molar-refractivity contribution in [3.63, 3.8) is 0 Å². The van der Waals surface area contributed by atoms with Gasteiger partial charge in [0, 0.05) is 28.1 Å². The molecule has 6 rings (SSSR count). The van der Waals surface area contributed by atoms with Crippen LogP contribution in [0, 0.1) is 13.8 Å². The minimum Gasteiger partial charge on any atom is -0.483 e. The molecule has 0 saturated carbocycles. The molecule has 238 valence electrons. The summed E-state index contributed by atoms with van der Waals surface area (Å²) in [6, 6.07) is 41.9. The van der Waals surface area contributed by atoms with Crippen molar-refractivity contribution in [2.75, 3.05) is 23.8 Å². The first-order valence-electron chi connectivity index (χ1n) is 15.5. The predicted octanol–water partition coefficient (Wildman–Crippen LogP) is 8.13. The van der Waals surface area contributed by atoms with E-state index in [1.807, 2.05) is 147 Å². The molecule has 8 heteroatoms. The van der Waals surface area contributed by atoms with Gasteiger partial charge in [-0.2, -0.15) is 0 Å². The molecule has 0 unspecified atom stereocenters. The first-order valence-corrected chi connectivity index (χ1v) is 15.5. The molecule has 0 radical (unpaired) electrons. The average Bonchev–Trinajstić information content (AvgIpc) is 3.12. The summed E-state index contributed by atoms with van der Waals surface area (Å²) in [6.07, 6.45) is 0. The van der Waals surface area contributed by atoms with E-state index in [-0.39, 0.29) is 25.0 Å². The Kier molecular flexibility index (Phi) is 9.82. The molecule has 0 spiro atoms. The second-order valence-corrected chi connectivity index (χ2v) is 11.2. The topological polar surface area (TPSA) is 102 Å². The van der Waals surface area contributed by atoms with Gasteiger partial charge in [0.25, 0.3) is 11.8 Å². The van der Waals surface area contributed by atoms with Crippen LogP contribution >= 0.6 is 0 Å². The van der Waals surface area contributed by atoms with Crippen LogP contribution in [0.4, 0.5) is 11.4 Å². The molecule has 8 nitrogen and oxygen atoms in total. The molecule has 1 aromatic heterocycles. The lowest BCUT2D eigenvalue weighted by Crippen LogP contribution is -2.20. The monoisotopic (exact) mass is 634 g/mol. The maximum atomic E-state index is 12.6. The normalized spacial score (nSPS) is 10.6. The lowest BCUT2D eigenvalue weighted by atomic mass is 10.1. The standard InChI is InChI=1S/C40H34N4O4/c1-27-10-6-8-14-36(27)47-25-38(45)41-32-20-16-29(17-21-32)34-24-35(44-40(43-34)31-12-4-3-5-13-31)30-18-22-33(23-19-30)42-39(46)26-48-37-15-9-7-11-28(37)2/h3-24H,25-26H2,1-2H3,(H,41,45)(H,42,46). The molecule has 2 amide bonds. The van der Waals surface area contributed by atoms with Crippen molar-refractivity contribution in [2.24, 2.45) is 0 Å². The van der Waals surface area contributed by atoms with Crippen molar-refractivity contribution in [1.29, 1.82) is 0 Å².